The lowest BCUT2D eigenvalue weighted by Crippen LogP contribution is -2.04. The molecular weight excluding hydrogens is 409 g/mol. The van der Waals surface area contributed by atoms with E-state index in [9.17, 15) is 18.0 Å². The molecule has 0 unspecified atom stereocenters. The average Bonchev–Trinajstić information content (AvgIpc) is 3.21. The summed E-state index contributed by atoms with van der Waals surface area (Å²) in [7, 11) is 0. The fourth-order valence-corrected chi connectivity index (χ4v) is 2.17. The maximum atomic E-state index is 12.5. The lowest BCUT2D eigenvalue weighted by atomic mass is 10.1. The van der Waals surface area contributed by atoms with Crippen molar-refractivity contribution in [3.05, 3.63) is 58.3 Å². The van der Waals surface area contributed by atoms with E-state index in [2.05, 4.69) is 26.1 Å². The predicted octanol–water partition coefficient (Wildman–Crippen LogP) is 4.47. The second-order valence-electron chi connectivity index (χ2n) is 4.77. The van der Waals surface area contributed by atoms with Gasteiger partial charge in [0.1, 0.15) is 0 Å². The molecule has 130 valence electrons. The van der Waals surface area contributed by atoms with Gasteiger partial charge in [-0.25, -0.2) is 4.79 Å². The number of hydrogen-bond donors (Lipinski definition) is 0. The maximum Gasteiger partial charge on any atom is 0.416 e. The van der Waals surface area contributed by atoms with Gasteiger partial charge in [0.15, 0.2) is 11.3 Å². The van der Waals surface area contributed by atoms with Gasteiger partial charge in [-0.2, -0.15) is 18.2 Å². The van der Waals surface area contributed by atoms with Crippen molar-refractivity contribution in [1.82, 2.24) is 10.1 Å². The average molecular weight is 417 g/mol. The molecule has 2 heterocycles. The number of hydrogen-bond acceptors (Lipinski definition) is 6. The molecule has 1 aromatic carbocycles. The van der Waals surface area contributed by atoms with E-state index in [-0.39, 0.29) is 24.1 Å². The Balaban J connectivity index is 1.65. The van der Waals surface area contributed by atoms with Gasteiger partial charge in [0.2, 0.25) is 11.6 Å². The first kappa shape index (κ1) is 17.2. The number of carbonyl (C=O) groups excluding carboxylic acids is 1. The summed E-state index contributed by atoms with van der Waals surface area (Å²) in [5.74, 6) is -0.649. The summed E-state index contributed by atoms with van der Waals surface area (Å²) in [5, 5.41) is 3.64. The Bertz CT molecular complexity index is 887. The van der Waals surface area contributed by atoms with Crippen molar-refractivity contribution >= 4 is 21.9 Å². The minimum Gasteiger partial charge on any atom is -0.450 e. The van der Waals surface area contributed by atoms with Gasteiger partial charge >= 0.3 is 12.1 Å². The van der Waals surface area contributed by atoms with E-state index < -0.39 is 17.7 Å². The molecule has 0 spiro atoms. The normalized spacial score (nSPS) is 11.5. The second-order valence-corrected chi connectivity index (χ2v) is 5.55. The van der Waals surface area contributed by atoms with Crippen molar-refractivity contribution in [2.45, 2.75) is 12.8 Å². The Morgan fingerprint density at radius 3 is 2.48 bits per heavy atom. The van der Waals surface area contributed by atoms with Crippen LogP contribution in [0.3, 0.4) is 0 Å². The van der Waals surface area contributed by atoms with E-state index in [4.69, 9.17) is 13.7 Å². The van der Waals surface area contributed by atoms with Crippen molar-refractivity contribution in [3.63, 3.8) is 0 Å². The number of nitrogens with zero attached hydrogens (tertiary/aromatic N) is 2. The van der Waals surface area contributed by atoms with Crippen molar-refractivity contribution in [2.75, 3.05) is 0 Å². The second kappa shape index (κ2) is 6.71. The van der Waals surface area contributed by atoms with Crippen LogP contribution in [-0.2, 0) is 17.5 Å². The Kier molecular flexibility index (Phi) is 4.62. The van der Waals surface area contributed by atoms with Crippen LogP contribution in [0.2, 0.25) is 0 Å². The zero-order valence-electron chi connectivity index (χ0n) is 12.2. The summed E-state index contributed by atoms with van der Waals surface area (Å²) >= 11 is 3.06. The standard InChI is InChI=1S/C15H8BrF3N2O4/c16-11-6-5-10(24-11)14(22)23-7-12-20-13(21-25-12)8-1-3-9(4-2-8)15(17,18)19/h1-6H,7H2. The maximum absolute atomic E-state index is 12.5. The Labute approximate surface area is 146 Å². The summed E-state index contributed by atoms with van der Waals surface area (Å²) in [5.41, 5.74) is -0.442. The molecule has 10 heteroatoms. The van der Waals surface area contributed by atoms with Crippen LogP contribution in [0.4, 0.5) is 13.2 Å². The number of carbonyl (C=O) groups is 1. The first-order valence-electron chi connectivity index (χ1n) is 6.75. The highest BCUT2D eigenvalue weighted by Gasteiger charge is 2.30. The molecule has 3 rings (SSSR count). The molecule has 0 N–H and O–H groups in total. The third-order valence-corrected chi connectivity index (χ3v) is 3.47. The Hall–Kier alpha value is -2.62. The van der Waals surface area contributed by atoms with Gasteiger partial charge in [-0.3, -0.25) is 0 Å². The van der Waals surface area contributed by atoms with E-state index in [1.165, 1.54) is 24.3 Å². The van der Waals surface area contributed by atoms with Crippen LogP contribution in [0, 0.1) is 0 Å². The van der Waals surface area contributed by atoms with Crippen LogP contribution >= 0.6 is 15.9 Å². The number of benzene rings is 1. The Morgan fingerprint density at radius 2 is 1.88 bits per heavy atom. The van der Waals surface area contributed by atoms with Gasteiger partial charge in [-0.1, -0.05) is 17.3 Å². The van der Waals surface area contributed by atoms with Gasteiger partial charge < -0.3 is 13.7 Å². The summed E-state index contributed by atoms with van der Waals surface area (Å²) < 4.78 is 52.9. The van der Waals surface area contributed by atoms with Gasteiger partial charge in [-0.05, 0) is 40.2 Å². The fraction of sp³-hybridized carbons (Fsp3) is 0.133. The molecule has 0 saturated carbocycles. The molecule has 0 aliphatic heterocycles. The van der Waals surface area contributed by atoms with E-state index in [1.807, 2.05) is 0 Å². The molecule has 0 saturated heterocycles. The minimum absolute atomic E-state index is 0.00523. The highest BCUT2D eigenvalue weighted by molar-refractivity contribution is 9.10. The van der Waals surface area contributed by atoms with Crippen LogP contribution < -0.4 is 0 Å². The monoisotopic (exact) mass is 416 g/mol. The highest BCUT2D eigenvalue weighted by Crippen LogP contribution is 2.30. The van der Waals surface area contributed by atoms with Crippen LogP contribution in [0.15, 0.2) is 50.0 Å². The van der Waals surface area contributed by atoms with Crippen molar-refractivity contribution < 1.29 is 31.6 Å². The molecule has 0 atom stereocenters. The van der Waals surface area contributed by atoms with Crippen LogP contribution in [0.5, 0.6) is 0 Å². The number of aromatic nitrogens is 2. The Morgan fingerprint density at radius 1 is 1.16 bits per heavy atom. The topological polar surface area (TPSA) is 78.4 Å². The SMILES string of the molecule is O=C(OCc1nc(-c2ccc(C(F)(F)F)cc2)no1)c1ccc(Br)o1. The smallest absolute Gasteiger partial charge is 0.416 e. The van der Waals surface area contributed by atoms with Crippen molar-refractivity contribution in [1.29, 1.82) is 0 Å². The molecule has 0 radical (unpaired) electrons. The first-order chi connectivity index (χ1) is 11.8. The summed E-state index contributed by atoms with van der Waals surface area (Å²) in [6.07, 6.45) is -4.42. The number of alkyl halides is 3. The summed E-state index contributed by atoms with van der Waals surface area (Å²) in [6.45, 7) is -0.301. The molecular formula is C15H8BrF3N2O4. The van der Waals surface area contributed by atoms with Gasteiger partial charge in [-0.15, -0.1) is 0 Å². The number of rotatable bonds is 4. The van der Waals surface area contributed by atoms with E-state index in [1.54, 1.807) is 0 Å². The quantitative estimate of drug-likeness (QED) is 0.583. The fourth-order valence-electron chi connectivity index (χ4n) is 1.86. The van der Waals surface area contributed by atoms with E-state index in [0.29, 0.717) is 10.2 Å². The number of ether oxygens (including phenoxy) is 1. The number of halogens is 4. The summed E-state index contributed by atoms with van der Waals surface area (Å²) in [4.78, 5) is 15.7. The largest absolute Gasteiger partial charge is 0.450 e. The molecule has 0 bridgehead atoms. The van der Waals surface area contributed by atoms with Crippen LogP contribution in [-0.4, -0.2) is 16.1 Å². The van der Waals surface area contributed by atoms with E-state index in [0.717, 1.165) is 12.1 Å². The van der Waals surface area contributed by atoms with Crippen LogP contribution in [0.1, 0.15) is 22.0 Å². The predicted molar refractivity (Wildman–Crippen MR) is 80.3 cm³/mol. The first-order valence-corrected chi connectivity index (χ1v) is 7.55. The lowest BCUT2D eigenvalue weighted by Gasteiger charge is -2.05. The molecule has 2 aromatic heterocycles. The van der Waals surface area contributed by atoms with Crippen molar-refractivity contribution in [3.8, 4) is 11.4 Å². The van der Waals surface area contributed by atoms with Gasteiger partial charge in [0.05, 0.1) is 5.56 Å². The van der Waals surface area contributed by atoms with Crippen LogP contribution in [0.25, 0.3) is 11.4 Å². The third-order valence-electron chi connectivity index (χ3n) is 3.04. The van der Waals surface area contributed by atoms with Gasteiger partial charge in [0.25, 0.3) is 5.89 Å². The molecule has 25 heavy (non-hydrogen) atoms. The van der Waals surface area contributed by atoms with E-state index >= 15 is 0 Å². The molecule has 6 nitrogen and oxygen atoms in total. The third kappa shape index (κ3) is 4.08. The van der Waals surface area contributed by atoms with Gasteiger partial charge in [0, 0.05) is 5.56 Å². The molecule has 0 amide bonds. The zero-order chi connectivity index (χ0) is 18.0. The van der Waals surface area contributed by atoms with Crippen molar-refractivity contribution in [2.24, 2.45) is 0 Å². The zero-order valence-corrected chi connectivity index (χ0v) is 13.8. The number of furan rings is 1. The number of esters is 1. The lowest BCUT2D eigenvalue weighted by molar-refractivity contribution is -0.137. The molecule has 0 aliphatic rings. The molecule has 0 fully saturated rings. The minimum atomic E-state index is -4.42. The highest BCUT2D eigenvalue weighted by atomic mass is 79.9. The summed E-state index contributed by atoms with van der Waals surface area (Å²) in [6, 6.07) is 7.24. The molecule has 3 aromatic rings. The molecule has 0 aliphatic carbocycles.